The molecule has 1 saturated heterocycles. The monoisotopic (exact) mass is 266 g/mol. The maximum absolute atomic E-state index is 13.3. The summed E-state index contributed by atoms with van der Waals surface area (Å²) < 4.78 is 18.3. The van der Waals surface area contributed by atoms with Crippen molar-refractivity contribution in [1.82, 2.24) is 10.6 Å². The fourth-order valence-electron chi connectivity index (χ4n) is 1.83. The highest BCUT2D eigenvalue weighted by atomic mass is 19.1. The molecule has 1 aromatic rings. The molecule has 1 aromatic carbocycles. The van der Waals surface area contributed by atoms with Gasteiger partial charge in [0.15, 0.2) is 0 Å². The van der Waals surface area contributed by atoms with E-state index in [1.54, 1.807) is 18.2 Å². The van der Waals surface area contributed by atoms with E-state index in [0.29, 0.717) is 18.5 Å². The van der Waals surface area contributed by atoms with E-state index >= 15 is 0 Å². The number of hydrogen-bond acceptors (Lipinski definition) is 3. The molecule has 102 valence electrons. The van der Waals surface area contributed by atoms with Gasteiger partial charge in [0.1, 0.15) is 18.5 Å². The minimum atomic E-state index is -0.665. The van der Waals surface area contributed by atoms with Crippen molar-refractivity contribution in [3.05, 3.63) is 35.6 Å². The van der Waals surface area contributed by atoms with E-state index in [0.717, 1.165) is 0 Å². The average molecular weight is 266 g/mol. The quantitative estimate of drug-likeness (QED) is 0.806. The Hall–Kier alpha value is -1.95. The zero-order valence-corrected chi connectivity index (χ0v) is 10.3. The predicted molar refractivity (Wildman–Crippen MR) is 65.9 cm³/mol. The van der Waals surface area contributed by atoms with Crippen LogP contribution < -0.4 is 10.6 Å². The first kappa shape index (κ1) is 13.5. The van der Waals surface area contributed by atoms with Gasteiger partial charge in [0, 0.05) is 6.54 Å². The third-order valence-electron chi connectivity index (χ3n) is 2.82. The highest BCUT2D eigenvalue weighted by Gasteiger charge is 2.24. The Labute approximate surface area is 110 Å². The average Bonchev–Trinajstić information content (AvgIpc) is 2.41. The van der Waals surface area contributed by atoms with E-state index in [1.165, 1.54) is 6.07 Å². The second-order valence-electron chi connectivity index (χ2n) is 4.27. The maximum atomic E-state index is 13.3. The molecule has 6 heteroatoms. The molecule has 2 rings (SSSR count). The summed E-state index contributed by atoms with van der Waals surface area (Å²) in [4.78, 5) is 22.8. The van der Waals surface area contributed by atoms with Gasteiger partial charge in [-0.1, -0.05) is 18.2 Å². The van der Waals surface area contributed by atoms with Crippen LogP contribution in [-0.4, -0.2) is 37.6 Å². The van der Waals surface area contributed by atoms with Crippen LogP contribution in [0.15, 0.2) is 24.3 Å². The number of amides is 2. The topological polar surface area (TPSA) is 67.4 Å². The van der Waals surface area contributed by atoms with Gasteiger partial charge in [-0.2, -0.15) is 0 Å². The van der Waals surface area contributed by atoms with Gasteiger partial charge in [0.2, 0.25) is 11.8 Å². The minimum Gasteiger partial charge on any atom is -0.369 e. The third-order valence-corrected chi connectivity index (χ3v) is 2.82. The molecule has 2 amide bonds. The molecule has 1 heterocycles. The number of benzene rings is 1. The van der Waals surface area contributed by atoms with Gasteiger partial charge in [-0.3, -0.25) is 9.59 Å². The standard InChI is InChI=1S/C13H15FN2O3/c14-10-4-2-1-3-9(10)5-6-15-13(18)11-7-19-8-12(17)16-11/h1-4,11H,5-8H2,(H,15,18)(H,16,17). The molecule has 0 aliphatic carbocycles. The van der Waals surface area contributed by atoms with Crippen LogP contribution in [0.1, 0.15) is 5.56 Å². The summed E-state index contributed by atoms with van der Waals surface area (Å²) in [6.45, 7) is 0.461. The van der Waals surface area contributed by atoms with Gasteiger partial charge in [-0.25, -0.2) is 4.39 Å². The molecule has 0 saturated carbocycles. The van der Waals surface area contributed by atoms with Crippen LogP contribution in [0.3, 0.4) is 0 Å². The van der Waals surface area contributed by atoms with E-state index in [9.17, 15) is 14.0 Å². The van der Waals surface area contributed by atoms with E-state index in [4.69, 9.17) is 4.74 Å². The minimum absolute atomic E-state index is 0.0149. The van der Waals surface area contributed by atoms with E-state index in [-0.39, 0.29) is 30.8 Å². The summed E-state index contributed by atoms with van der Waals surface area (Å²) in [5, 5.41) is 5.17. The Bertz CT molecular complexity index is 479. The first-order chi connectivity index (χ1) is 9.16. The Morgan fingerprint density at radius 2 is 2.26 bits per heavy atom. The van der Waals surface area contributed by atoms with Crippen molar-refractivity contribution in [3.63, 3.8) is 0 Å². The largest absolute Gasteiger partial charge is 0.369 e. The number of rotatable bonds is 4. The van der Waals surface area contributed by atoms with Crippen LogP contribution in [0.5, 0.6) is 0 Å². The van der Waals surface area contributed by atoms with Crippen LogP contribution in [0.25, 0.3) is 0 Å². The van der Waals surface area contributed by atoms with Crippen LogP contribution >= 0.6 is 0 Å². The first-order valence-electron chi connectivity index (χ1n) is 6.05. The van der Waals surface area contributed by atoms with Crippen molar-refractivity contribution >= 4 is 11.8 Å². The van der Waals surface area contributed by atoms with Gasteiger partial charge < -0.3 is 15.4 Å². The Morgan fingerprint density at radius 1 is 1.47 bits per heavy atom. The number of carbonyl (C=O) groups excluding carboxylic acids is 2. The molecule has 1 aliphatic heterocycles. The SMILES string of the molecule is O=C1COCC(C(=O)NCCc2ccccc2F)N1. The smallest absolute Gasteiger partial charge is 0.246 e. The molecule has 1 unspecified atom stereocenters. The van der Waals surface area contributed by atoms with E-state index in [1.807, 2.05) is 0 Å². The van der Waals surface area contributed by atoms with Gasteiger partial charge >= 0.3 is 0 Å². The summed E-state index contributed by atoms with van der Waals surface area (Å²) in [6, 6.07) is 5.75. The lowest BCUT2D eigenvalue weighted by Gasteiger charge is -2.22. The van der Waals surface area contributed by atoms with Gasteiger partial charge in [0.05, 0.1) is 6.61 Å². The van der Waals surface area contributed by atoms with Gasteiger partial charge in [-0.05, 0) is 18.1 Å². The van der Waals surface area contributed by atoms with Crippen molar-refractivity contribution in [1.29, 1.82) is 0 Å². The number of ether oxygens (including phenoxy) is 1. The van der Waals surface area contributed by atoms with Crippen molar-refractivity contribution in [2.75, 3.05) is 19.8 Å². The Morgan fingerprint density at radius 3 is 3.00 bits per heavy atom. The number of morpholine rings is 1. The Kier molecular flexibility index (Phi) is 4.46. The fourth-order valence-corrected chi connectivity index (χ4v) is 1.83. The summed E-state index contributed by atoms with van der Waals surface area (Å²) in [5.41, 5.74) is 0.548. The summed E-state index contributed by atoms with van der Waals surface area (Å²) >= 11 is 0. The first-order valence-corrected chi connectivity index (χ1v) is 6.05. The Balaban J connectivity index is 1.78. The molecule has 1 fully saturated rings. The summed E-state index contributed by atoms with van der Waals surface area (Å²) in [7, 11) is 0. The lowest BCUT2D eigenvalue weighted by molar-refractivity contribution is -0.138. The van der Waals surface area contributed by atoms with E-state index in [2.05, 4.69) is 10.6 Å². The van der Waals surface area contributed by atoms with E-state index < -0.39 is 6.04 Å². The zero-order chi connectivity index (χ0) is 13.7. The zero-order valence-electron chi connectivity index (χ0n) is 10.3. The van der Waals surface area contributed by atoms with Crippen molar-refractivity contribution in [2.45, 2.75) is 12.5 Å². The molecular weight excluding hydrogens is 251 g/mol. The van der Waals surface area contributed by atoms with Gasteiger partial charge in [0.25, 0.3) is 0 Å². The molecule has 2 N–H and O–H groups in total. The molecule has 0 radical (unpaired) electrons. The molecular formula is C13H15FN2O3. The van der Waals surface area contributed by atoms with Gasteiger partial charge in [-0.15, -0.1) is 0 Å². The molecule has 0 aromatic heterocycles. The van der Waals surface area contributed by atoms with Crippen LogP contribution in [0.2, 0.25) is 0 Å². The lowest BCUT2D eigenvalue weighted by atomic mass is 10.1. The predicted octanol–water partition coefficient (Wildman–Crippen LogP) is -0.000600. The number of nitrogens with one attached hydrogen (secondary N) is 2. The van der Waals surface area contributed by atoms with Crippen LogP contribution in [0.4, 0.5) is 4.39 Å². The molecule has 5 nitrogen and oxygen atoms in total. The second kappa shape index (κ2) is 6.29. The highest BCUT2D eigenvalue weighted by molar-refractivity contribution is 5.89. The fraction of sp³-hybridized carbons (Fsp3) is 0.385. The summed E-state index contributed by atoms with van der Waals surface area (Å²) in [5.74, 6) is -0.907. The lowest BCUT2D eigenvalue weighted by Crippen LogP contribution is -2.54. The number of carbonyl (C=O) groups is 2. The normalized spacial score (nSPS) is 18.8. The molecule has 1 aliphatic rings. The van der Waals surface area contributed by atoms with Crippen molar-refractivity contribution in [2.24, 2.45) is 0 Å². The molecule has 19 heavy (non-hydrogen) atoms. The summed E-state index contributed by atoms with van der Waals surface area (Å²) in [6.07, 6.45) is 0.403. The van der Waals surface area contributed by atoms with Crippen molar-refractivity contribution in [3.8, 4) is 0 Å². The molecule has 1 atom stereocenters. The van der Waals surface area contributed by atoms with Crippen LogP contribution in [0, 0.1) is 5.82 Å². The molecule has 0 spiro atoms. The number of hydrogen-bond donors (Lipinski definition) is 2. The maximum Gasteiger partial charge on any atom is 0.246 e. The number of halogens is 1. The molecule has 0 bridgehead atoms. The highest BCUT2D eigenvalue weighted by Crippen LogP contribution is 2.06. The van der Waals surface area contributed by atoms with Crippen LogP contribution in [-0.2, 0) is 20.7 Å². The third kappa shape index (κ3) is 3.75. The van der Waals surface area contributed by atoms with Crippen molar-refractivity contribution < 1.29 is 18.7 Å². The second-order valence-corrected chi connectivity index (χ2v) is 4.27.